The first-order valence-electron chi connectivity index (χ1n) is 23.7. The number of hydrogen-bond donors (Lipinski definition) is 3. The smallest absolute Gasteiger partial charge is 0.338 e. The van der Waals surface area contributed by atoms with Gasteiger partial charge >= 0.3 is 11.9 Å². The van der Waals surface area contributed by atoms with E-state index in [0.29, 0.717) is 31.5 Å². The van der Waals surface area contributed by atoms with Crippen molar-refractivity contribution >= 4 is 11.9 Å². The number of carbonyl (C=O) groups is 2. The number of likely N-dealkylation sites (tertiary alicyclic amines) is 1. The molecule has 6 fully saturated rings. The lowest BCUT2D eigenvalue weighted by atomic mass is 9.42. The Morgan fingerprint density at radius 2 is 1.53 bits per heavy atom. The minimum atomic E-state index is -1.85. The van der Waals surface area contributed by atoms with E-state index in [-0.39, 0.29) is 31.4 Å². The predicted molar refractivity (Wildman–Crippen MR) is 234 cm³/mol. The standard InChI is InChI=1S/C50H75NO11/c1-7-9-10-11-12-13-14-15-16-17-18-19-20-21-25-28-37(53)62-50-38-34(30-48(56,45(60-6)43(50)54)44(38)61-46(55)33-26-23-22-24-27-33)49-36(58-4)29-35(52)47(32-57-3)31-51(8-2)42(49)39(50)40(59-5)41(47)49/h12-13,15-16,22-24,26-27,34-36,38-45,52,54,56H,7-11,14,17-21,25,28-32H2,1-6H3/b13-12-,16-15-/t34-,35-,36+,38-,39-,40+,41-,42?,43+,44-,45+,47+,48+,49+,50-/m1/s1. The maximum Gasteiger partial charge on any atom is 0.338 e. The van der Waals surface area contributed by atoms with Gasteiger partial charge < -0.3 is 43.7 Å². The van der Waals surface area contributed by atoms with Crippen LogP contribution in [0.25, 0.3) is 0 Å². The highest BCUT2D eigenvalue weighted by molar-refractivity contribution is 5.89. The Kier molecular flexibility index (Phi) is 15.1. The second-order valence-corrected chi connectivity index (χ2v) is 19.3. The normalized spacial score (nSPS) is 40.4. The molecule has 346 valence electrons. The molecule has 12 heteroatoms. The Morgan fingerprint density at radius 1 is 0.839 bits per heavy atom. The van der Waals surface area contributed by atoms with Crippen LogP contribution in [0.2, 0.25) is 0 Å². The number of methoxy groups -OCH3 is 4. The second kappa shape index (κ2) is 19.8. The average molecular weight is 866 g/mol. The summed E-state index contributed by atoms with van der Waals surface area (Å²) >= 11 is 0. The van der Waals surface area contributed by atoms with Gasteiger partial charge in [-0.25, -0.2) is 4.79 Å². The van der Waals surface area contributed by atoms with Crippen molar-refractivity contribution < 1.29 is 53.3 Å². The maximum atomic E-state index is 14.6. The van der Waals surface area contributed by atoms with Crippen LogP contribution in [0.1, 0.15) is 114 Å². The second-order valence-electron chi connectivity index (χ2n) is 19.3. The van der Waals surface area contributed by atoms with E-state index >= 15 is 0 Å². The van der Waals surface area contributed by atoms with Gasteiger partial charge in [0, 0.05) is 82.5 Å². The number of ether oxygens (including phenoxy) is 6. The molecule has 1 saturated heterocycles. The van der Waals surface area contributed by atoms with Gasteiger partial charge in [-0.05, 0) is 69.5 Å². The minimum Gasteiger partial charge on any atom is -0.455 e. The molecule has 1 heterocycles. The topological polar surface area (TPSA) is 153 Å². The van der Waals surface area contributed by atoms with Gasteiger partial charge in [-0.1, -0.05) is 88.5 Å². The number of carbonyl (C=O) groups excluding carboxylic acids is 2. The number of piperidine rings is 1. The molecule has 0 radical (unpaired) electrons. The summed E-state index contributed by atoms with van der Waals surface area (Å²) in [6.45, 7) is 5.63. The molecular formula is C50H75NO11. The first-order valence-corrected chi connectivity index (χ1v) is 23.7. The summed E-state index contributed by atoms with van der Waals surface area (Å²) in [6.07, 6.45) is 15.2. The van der Waals surface area contributed by atoms with E-state index in [0.717, 1.165) is 44.9 Å². The van der Waals surface area contributed by atoms with Gasteiger partial charge in [0.05, 0.1) is 30.5 Å². The molecule has 1 spiro atoms. The molecule has 1 aromatic rings. The van der Waals surface area contributed by atoms with Crippen molar-refractivity contribution in [2.45, 2.75) is 158 Å². The summed E-state index contributed by atoms with van der Waals surface area (Å²) in [4.78, 5) is 31.0. The van der Waals surface area contributed by atoms with E-state index in [1.54, 1.807) is 45.6 Å². The van der Waals surface area contributed by atoms with Gasteiger partial charge in [0.1, 0.15) is 23.9 Å². The maximum absolute atomic E-state index is 14.6. The Morgan fingerprint density at radius 3 is 2.18 bits per heavy atom. The van der Waals surface area contributed by atoms with Crippen molar-refractivity contribution in [1.82, 2.24) is 4.90 Å². The van der Waals surface area contributed by atoms with Crippen LogP contribution >= 0.6 is 0 Å². The van der Waals surface area contributed by atoms with Crippen molar-refractivity contribution in [2.75, 3.05) is 48.1 Å². The lowest BCUT2D eigenvalue weighted by Gasteiger charge is -2.70. The molecule has 5 saturated carbocycles. The summed E-state index contributed by atoms with van der Waals surface area (Å²) in [6, 6.07) is 8.29. The molecule has 6 aliphatic rings. The largest absolute Gasteiger partial charge is 0.455 e. The molecule has 0 aromatic heterocycles. The number of hydrogen-bond acceptors (Lipinski definition) is 12. The molecule has 5 aliphatic carbocycles. The summed E-state index contributed by atoms with van der Waals surface area (Å²) < 4.78 is 38.7. The molecule has 3 N–H and O–H groups in total. The van der Waals surface area contributed by atoms with E-state index in [9.17, 15) is 24.9 Å². The van der Waals surface area contributed by atoms with Crippen LogP contribution in [-0.4, -0.2) is 134 Å². The quantitative estimate of drug-likeness (QED) is 0.0631. The lowest BCUT2D eigenvalue weighted by Crippen LogP contribution is -2.81. The number of esters is 2. The fourth-order valence-electron chi connectivity index (χ4n) is 14.4. The monoisotopic (exact) mass is 866 g/mol. The molecule has 1 aromatic carbocycles. The third kappa shape index (κ3) is 7.54. The molecule has 1 unspecified atom stereocenters. The van der Waals surface area contributed by atoms with Crippen molar-refractivity contribution in [1.29, 1.82) is 0 Å². The van der Waals surface area contributed by atoms with Crippen LogP contribution in [0.15, 0.2) is 54.6 Å². The highest BCUT2D eigenvalue weighted by Crippen LogP contribution is 2.80. The number of unbranched alkanes of at least 4 members (excludes halogenated alkanes) is 8. The molecule has 7 rings (SSSR count). The van der Waals surface area contributed by atoms with Crippen molar-refractivity contribution in [3.8, 4) is 0 Å². The number of aliphatic hydroxyl groups excluding tert-OH is 2. The molecule has 1 aliphatic heterocycles. The molecule has 0 amide bonds. The summed E-state index contributed by atoms with van der Waals surface area (Å²) in [5, 5.41) is 38.4. The van der Waals surface area contributed by atoms with Gasteiger partial charge in [-0.15, -0.1) is 0 Å². The number of benzene rings is 1. The van der Waals surface area contributed by atoms with Gasteiger partial charge in [0.2, 0.25) is 0 Å². The number of nitrogens with zero attached hydrogens (tertiary/aromatic N) is 1. The lowest BCUT2D eigenvalue weighted by molar-refractivity contribution is -0.323. The number of fused-ring (bicyclic) bond motifs is 2. The zero-order valence-electron chi connectivity index (χ0n) is 38.1. The van der Waals surface area contributed by atoms with Crippen LogP contribution in [0.5, 0.6) is 0 Å². The van der Waals surface area contributed by atoms with Gasteiger partial charge in [0.25, 0.3) is 0 Å². The van der Waals surface area contributed by atoms with Gasteiger partial charge in [-0.2, -0.15) is 0 Å². The van der Waals surface area contributed by atoms with Crippen molar-refractivity contribution in [3.05, 3.63) is 60.2 Å². The molecule has 62 heavy (non-hydrogen) atoms. The van der Waals surface area contributed by atoms with Crippen LogP contribution < -0.4 is 0 Å². The van der Waals surface area contributed by atoms with E-state index in [1.165, 1.54) is 26.4 Å². The molecular weight excluding hydrogens is 791 g/mol. The minimum absolute atomic E-state index is 0.0803. The number of aliphatic hydroxyl groups is 3. The summed E-state index contributed by atoms with van der Waals surface area (Å²) in [5.41, 5.74) is -4.87. The van der Waals surface area contributed by atoms with Crippen LogP contribution in [0, 0.1) is 34.5 Å². The van der Waals surface area contributed by atoms with Crippen molar-refractivity contribution in [3.63, 3.8) is 0 Å². The molecule has 12 nitrogen and oxygen atoms in total. The fraction of sp³-hybridized carbons (Fsp3) is 0.760. The van der Waals surface area contributed by atoms with E-state index in [4.69, 9.17) is 28.4 Å². The first-order chi connectivity index (χ1) is 30.0. The van der Waals surface area contributed by atoms with E-state index in [2.05, 4.69) is 43.1 Å². The van der Waals surface area contributed by atoms with E-state index in [1.807, 2.05) is 6.07 Å². The molecule has 15 atom stereocenters. The zero-order chi connectivity index (χ0) is 44.3. The van der Waals surface area contributed by atoms with Crippen LogP contribution in [0.4, 0.5) is 0 Å². The highest BCUT2D eigenvalue weighted by Gasteiger charge is 2.92. The van der Waals surface area contributed by atoms with Crippen LogP contribution in [-0.2, 0) is 33.2 Å². The SMILES string of the molecule is CCCCC/C=C\C/C=C\CCCCCCCC(=O)O[C@]12[C@H]3[C@@H](OC(=O)c4ccccc4)[C@@](O)(C[C@H]3[C@@]34C5[C@H]1[C@H](OC)[C@@H]3[C@](COC)(CN5CC)[C@H](O)C[C@@H]4OC)[C@@H](OC)[C@@H]2O. The molecule has 7 bridgehead atoms. The highest BCUT2D eigenvalue weighted by atomic mass is 16.6. The Bertz CT molecular complexity index is 1720. The average Bonchev–Trinajstić information content (AvgIpc) is 3.65. The van der Waals surface area contributed by atoms with Crippen LogP contribution in [0.3, 0.4) is 0 Å². The Hall–Kier alpha value is -2.68. The first kappa shape index (κ1) is 47.3. The van der Waals surface area contributed by atoms with E-state index < -0.39 is 88.3 Å². The summed E-state index contributed by atoms with van der Waals surface area (Å²) in [7, 11) is 6.40. The summed E-state index contributed by atoms with van der Waals surface area (Å²) in [5.74, 6) is -3.53. The number of allylic oxidation sites excluding steroid dienone is 4. The third-order valence-electron chi connectivity index (χ3n) is 16.5. The zero-order valence-corrected chi connectivity index (χ0v) is 38.1. The van der Waals surface area contributed by atoms with Gasteiger partial charge in [0.15, 0.2) is 5.60 Å². The predicted octanol–water partition coefficient (Wildman–Crippen LogP) is 6.44. The Labute approximate surface area is 369 Å². The Balaban J connectivity index is 1.20. The van der Waals surface area contributed by atoms with Gasteiger partial charge in [-0.3, -0.25) is 9.69 Å². The van der Waals surface area contributed by atoms with Crippen molar-refractivity contribution in [2.24, 2.45) is 34.5 Å². The fourth-order valence-corrected chi connectivity index (χ4v) is 14.4. The number of rotatable bonds is 23. The third-order valence-corrected chi connectivity index (χ3v) is 16.5.